The van der Waals surface area contributed by atoms with Crippen molar-refractivity contribution in [3.05, 3.63) is 48.2 Å². The van der Waals surface area contributed by atoms with Crippen LogP contribution in [0.15, 0.2) is 42.5 Å². The Labute approximate surface area is 84.6 Å². The Kier molecular flexibility index (Phi) is 2.26. The highest BCUT2D eigenvalue weighted by atomic mass is 19.4. The van der Waals surface area contributed by atoms with E-state index in [2.05, 4.69) is 4.98 Å². The number of hydrogen-bond donors (Lipinski definition) is 1. The van der Waals surface area contributed by atoms with Crippen molar-refractivity contribution < 1.29 is 13.2 Å². The van der Waals surface area contributed by atoms with Crippen LogP contribution >= 0.6 is 0 Å². The molecule has 1 N–H and O–H groups in total. The van der Waals surface area contributed by atoms with Gasteiger partial charge in [0.25, 0.3) is 0 Å². The Morgan fingerprint density at radius 1 is 0.867 bits per heavy atom. The predicted molar refractivity (Wildman–Crippen MR) is 51.2 cm³/mol. The third-order valence-electron chi connectivity index (χ3n) is 2.08. The smallest absolute Gasteiger partial charge is 0.351 e. The number of benzene rings is 1. The second kappa shape index (κ2) is 3.46. The Morgan fingerprint density at radius 2 is 1.53 bits per heavy atom. The lowest BCUT2D eigenvalue weighted by atomic mass is 10.2. The van der Waals surface area contributed by atoms with Crippen molar-refractivity contribution in [1.82, 2.24) is 4.98 Å². The van der Waals surface area contributed by atoms with E-state index in [4.69, 9.17) is 0 Å². The first-order valence-corrected chi connectivity index (χ1v) is 4.39. The molecule has 0 aliphatic heterocycles. The van der Waals surface area contributed by atoms with Crippen LogP contribution in [0.1, 0.15) is 5.69 Å². The van der Waals surface area contributed by atoms with Crippen molar-refractivity contribution in [2.24, 2.45) is 0 Å². The molecule has 0 atom stereocenters. The summed E-state index contributed by atoms with van der Waals surface area (Å²) in [5.41, 5.74) is 0.497. The second-order valence-corrected chi connectivity index (χ2v) is 3.15. The van der Waals surface area contributed by atoms with E-state index in [0.29, 0.717) is 5.69 Å². The summed E-state index contributed by atoms with van der Waals surface area (Å²) >= 11 is 0. The summed E-state index contributed by atoms with van der Waals surface area (Å²) in [6.07, 6.45) is -4.31. The molecule has 0 unspecified atom stereocenters. The molecule has 0 saturated carbocycles. The lowest BCUT2D eigenvalue weighted by Gasteiger charge is -2.02. The highest BCUT2D eigenvalue weighted by Crippen LogP contribution is 2.30. The van der Waals surface area contributed by atoms with Gasteiger partial charge in [0, 0.05) is 5.69 Å². The fourth-order valence-electron chi connectivity index (χ4n) is 1.35. The Morgan fingerprint density at radius 3 is 2.07 bits per heavy atom. The number of aromatic nitrogens is 1. The van der Waals surface area contributed by atoms with Gasteiger partial charge in [-0.25, -0.2) is 0 Å². The van der Waals surface area contributed by atoms with Gasteiger partial charge in [-0.2, -0.15) is 13.2 Å². The van der Waals surface area contributed by atoms with Crippen LogP contribution in [0, 0.1) is 0 Å². The van der Waals surface area contributed by atoms with Crippen LogP contribution in [-0.4, -0.2) is 4.98 Å². The first-order chi connectivity index (χ1) is 7.07. The minimum atomic E-state index is -4.31. The van der Waals surface area contributed by atoms with E-state index >= 15 is 0 Å². The van der Waals surface area contributed by atoms with Crippen molar-refractivity contribution in [1.29, 1.82) is 0 Å². The lowest BCUT2D eigenvalue weighted by molar-refractivity contribution is -0.140. The van der Waals surface area contributed by atoms with E-state index in [9.17, 15) is 13.2 Å². The Bertz CT molecular complexity index is 442. The summed E-state index contributed by atoms with van der Waals surface area (Å²) in [5, 5.41) is 0. The Hall–Kier alpha value is -1.71. The van der Waals surface area contributed by atoms with Gasteiger partial charge in [-0.15, -0.1) is 0 Å². The molecule has 0 fully saturated rings. The highest BCUT2D eigenvalue weighted by Gasteiger charge is 2.32. The zero-order chi connectivity index (χ0) is 10.9. The van der Waals surface area contributed by atoms with Gasteiger partial charge in [0.1, 0.15) is 5.69 Å². The molecule has 0 spiro atoms. The zero-order valence-electron chi connectivity index (χ0n) is 7.68. The van der Waals surface area contributed by atoms with E-state index in [-0.39, 0.29) is 0 Å². The molecule has 15 heavy (non-hydrogen) atoms. The number of rotatable bonds is 1. The van der Waals surface area contributed by atoms with Crippen LogP contribution in [0.25, 0.3) is 11.3 Å². The standard InChI is InChI=1S/C11H8F3N/c12-11(13,14)10-7-6-9(15-10)8-4-2-1-3-5-8/h1-7,15H. The SMILES string of the molecule is FC(F)(F)c1ccc(-c2ccccc2)[nH]1. The van der Waals surface area contributed by atoms with Gasteiger partial charge in [-0.05, 0) is 17.7 Å². The number of alkyl halides is 3. The minimum absolute atomic E-state index is 0.475. The topological polar surface area (TPSA) is 15.8 Å². The van der Waals surface area contributed by atoms with Crippen LogP contribution in [0.3, 0.4) is 0 Å². The highest BCUT2D eigenvalue weighted by molar-refractivity contribution is 5.59. The van der Waals surface area contributed by atoms with Crippen LogP contribution in [0.4, 0.5) is 13.2 Å². The van der Waals surface area contributed by atoms with E-state index in [1.54, 1.807) is 24.3 Å². The van der Waals surface area contributed by atoms with Gasteiger partial charge in [0.2, 0.25) is 0 Å². The van der Waals surface area contributed by atoms with Gasteiger partial charge in [0.05, 0.1) is 0 Å². The summed E-state index contributed by atoms with van der Waals surface area (Å²) < 4.78 is 36.9. The van der Waals surface area contributed by atoms with Crippen LogP contribution in [-0.2, 0) is 6.18 Å². The first kappa shape index (κ1) is 9.83. The normalized spacial score (nSPS) is 11.7. The maximum atomic E-state index is 12.3. The van der Waals surface area contributed by atoms with Crippen molar-refractivity contribution >= 4 is 0 Å². The molecule has 4 heteroatoms. The molecule has 0 bridgehead atoms. The Balaban J connectivity index is 2.37. The molecular formula is C11H8F3N. The number of nitrogens with one attached hydrogen (secondary N) is 1. The third kappa shape index (κ3) is 2.03. The summed E-state index contributed by atoms with van der Waals surface area (Å²) in [7, 11) is 0. The van der Waals surface area contributed by atoms with Gasteiger partial charge >= 0.3 is 6.18 Å². The quantitative estimate of drug-likeness (QED) is 0.740. The molecule has 0 aliphatic carbocycles. The van der Waals surface area contributed by atoms with Crippen LogP contribution in [0.2, 0.25) is 0 Å². The van der Waals surface area contributed by atoms with Crippen molar-refractivity contribution in [2.45, 2.75) is 6.18 Å². The fraction of sp³-hybridized carbons (Fsp3) is 0.0909. The van der Waals surface area contributed by atoms with Gasteiger partial charge in [-0.3, -0.25) is 0 Å². The van der Waals surface area contributed by atoms with Crippen LogP contribution in [0.5, 0.6) is 0 Å². The monoisotopic (exact) mass is 211 g/mol. The number of hydrogen-bond acceptors (Lipinski definition) is 0. The lowest BCUT2D eigenvalue weighted by Crippen LogP contribution is -2.04. The summed E-state index contributed by atoms with van der Waals surface area (Å²) in [6, 6.07) is 11.4. The van der Waals surface area contributed by atoms with Gasteiger partial charge < -0.3 is 4.98 Å². The minimum Gasteiger partial charge on any atom is -0.351 e. The largest absolute Gasteiger partial charge is 0.431 e. The maximum absolute atomic E-state index is 12.3. The zero-order valence-corrected chi connectivity index (χ0v) is 7.68. The van der Waals surface area contributed by atoms with E-state index < -0.39 is 11.9 Å². The molecule has 0 amide bonds. The summed E-state index contributed by atoms with van der Waals surface area (Å²) in [6.45, 7) is 0. The molecule has 1 heterocycles. The summed E-state index contributed by atoms with van der Waals surface area (Å²) in [4.78, 5) is 2.34. The molecule has 0 radical (unpaired) electrons. The first-order valence-electron chi connectivity index (χ1n) is 4.39. The molecule has 2 rings (SSSR count). The van der Waals surface area contributed by atoms with Gasteiger partial charge in [0.15, 0.2) is 0 Å². The summed E-state index contributed by atoms with van der Waals surface area (Å²) in [5.74, 6) is 0. The molecule has 0 saturated heterocycles. The van der Waals surface area contributed by atoms with Crippen LogP contribution < -0.4 is 0 Å². The molecule has 1 aromatic carbocycles. The fourth-order valence-corrected chi connectivity index (χ4v) is 1.35. The molecule has 78 valence electrons. The molecular weight excluding hydrogens is 203 g/mol. The van der Waals surface area contributed by atoms with E-state index in [1.807, 2.05) is 6.07 Å². The molecule has 1 aromatic heterocycles. The van der Waals surface area contributed by atoms with E-state index in [1.165, 1.54) is 6.07 Å². The second-order valence-electron chi connectivity index (χ2n) is 3.15. The molecule has 1 nitrogen and oxygen atoms in total. The average Bonchev–Trinajstić information content (AvgIpc) is 2.67. The number of H-pyrrole nitrogens is 1. The number of halogens is 3. The number of aromatic amines is 1. The van der Waals surface area contributed by atoms with E-state index in [0.717, 1.165) is 11.6 Å². The maximum Gasteiger partial charge on any atom is 0.431 e. The van der Waals surface area contributed by atoms with Crippen molar-refractivity contribution in [2.75, 3.05) is 0 Å². The van der Waals surface area contributed by atoms with Crippen molar-refractivity contribution in [3.8, 4) is 11.3 Å². The van der Waals surface area contributed by atoms with Gasteiger partial charge in [-0.1, -0.05) is 30.3 Å². The third-order valence-corrected chi connectivity index (χ3v) is 2.08. The van der Waals surface area contributed by atoms with Crippen molar-refractivity contribution in [3.63, 3.8) is 0 Å². The molecule has 2 aromatic rings. The molecule has 0 aliphatic rings. The predicted octanol–water partition coefficient (Wildman–Crippen LogP) is 3.70. The average molecular weight is 211 g/mol.